The number of nitrogens with one attached hydrogen (secondary N) is 1. The first-order chi connectivity index (χ1) is 14.7. The molecule has 0 radical (unpaired) electrons. The van der Waals surface area contributed by atoms with Crippen molar-refractivity contribution in [2.24, 2.45) is 5.92 Å². The van der Waals surface area contributed by atoms with Crippen molar-refractivity contribution in [1.82, 2.24) is 14.8 Å². The molecule has 0 spiro atoms. The smallest absolute Gasteiger partial charge is 0.275 e. The maximum absolute atomic E-state index is 14.1. The van der Waals surface area contributed by atoms with E-state index in [1.165, 1.54) is 16.8 Å². The van der Waals surface area contributed by atoms with Crippen molar-refractivity contribution in [3.05, 3.63) is 75.0 Å². The lowest BCUT2D eigenvalue weighted by Crippen LogP contribution is -2.48. The van der Waals surface area contributed by atoms with Gasteiger partial charge in [0, 0.05) is 30.9 Å². The summed E-state index contributed by atoms with van der Waals surface area (Å²) in [6, 6.07) is 4.25. The molecule has 0 unspecified atom stereocenters. The van der Waals surface area contributed by atoms with Gasteiger partial charge in [-0.25, -0.2) is 4.39 Å². The Morgan fingerprint density at radius 1 is 1.26 bits per heavy atom. The van der Waals surface area contributed by atoms with Gasteiger partial charge in [0.15, 0.2) is 11.4 Å². The topological polar surface area (TPSA) is 91.6 Å². The summed E-state index contributed by atoms with van der Waals surface area (Å²) in [6.07, 6.45) is 5.25. The molecule has 8 heteroatoms. The number of carbonyl (C=O) groups is 2. The van der Waals surface area contributed by atoms with Gasteiger partial charge in [0.1, 0.15) is 11.4 Å². The largest absolute Gasteiger partial charge is 0.503 e. The summed E-state index contributed by atoms with van der Waals surface area (Å²) in [5.41, 5.74) is -0.281. The molecule has 2 amide bonds. The van der Waals surface area contributed by atoms with Gasteiger partial charge in [0.2, 0.25) is 5.43 Å². The highest BCUT2D eigenvalue weighted by atomic mass is 19.1. The molecule has 2 N–H and O–H groups in total. The summed E-state index contributed by atoms with van der Waals surface area (Å²) in [7, 11) is 0. The number of pyridine rings is 1. The van der Waals surface area contributed by atoms with Crippen molar-refractivity contribution in [1.29, 1.82) is 0 Å². The minimum absolute atomic E-state index is 0.0127. The van der Waals surface area contributed by atoms with E-state index in [0.29, 0.717) is 6.54 Å². The Morgan fingerprint density at radius 3 is 2.71 bits per heavy atom. The molecule has 1 aromatic carbocycles. The van der Waals surface area contributed by atoms with Crippen molar-refractivity contribution < 1.29 is 19.1 Å². The zero-order valence-electron chi connectivity index (χ0n) is 17.6. The zero-order chi connectivity index (χ0) is 22.4. The number of halogens is 1. The average molecular weight is 425 g/mol. The van der Waals surface area contributed by atoms with Crippen LogP contribution in [0.4, 0.5) is 4.39 Å². The second-order valence-corrected chi connectivity index (χ2v) is 8.26. The van der Waals surface area contributed by atoms with Crippen molar-refractivity contribution in [2.75, 3.05) is 6.54 Å². The molecule has 2 aliphatic rings. The van der Waals surface area contributed by atoms with E-state index in [1.807, 2.05) is 26.0 Å². The molecule has 3 heterocycles. The van der Waals surface area contributed by atoms with Crippen molar-refractivity contribution in [3.8, 4) is 5.75 Å². The van der Waals surface area contributed by atoms with Crippen molar-refractivity contribution >= 4 is 11.8 Å². The second kappa shape index (κ2) is 7.68. The second-order valence-electron chi connectivity index (χ2n) is 8.26. The molecule has 0 saturated carbocycles. The third-order valence-corrected chi connectivity index (χ3v) is 6.10. The fourth-order valence-electron chi connectivity index (χ4n) is 4.17. The monoisotopic (exact) mass is 425 g/mol. The Labute approximate surface area is 178 Å². The third-order valence-electron chi connectivity index (χ3n) is 6.10. The van der Waals surface area contributed by atoms with E-state index >= 15 is 0 Å². The summed E-state index contributed by atoms with van der Waals surface area (Å²) >= 11 is 0. The predicted molar refractivity (Wildman–Crippen MR) is 113 cm³/mol. The Balaban J connectivity index is 1.70. The molecular weight excluding hydrogens is 401 g/mol. The number of aromatic hydroxyl groups is 1. The van der Waals surface area contributed by atoms with E-state index in [9.17, 15) is 23.9 Å². The lowest BCUT2D eigenvalue weighted by molar-refractivity contribution is 0.0612. The number of aryl methyl sites for hydroxylation is 1. The van der Waals surface area contributed by atoms with E-state index in [-0.39, 0.29) is 41.4 Å². The molecule has 31 heavy (non-hydrogen) atoms. The maximum Gasteiger partial charge on any atom is 0.275 e. The number of rotatable bonds is 3. The summed E-state index contributed by atoms with van der Waals surface area (Å²) in [6.45, 7) is 5.90. The molecule has 3 atom stereocenters. The van der Waals surface area contributed by atoms with Crippen LogP contribution in [0.15, 0.2) is 41.3 Å². The normalized spacial score (nSPS) is 22.1. The van der Waals surface area contributed by atoms with Gasteiger partial charge < -0.3 is 19.9 Å². The minimum Gasteiger partial charge on any atom is -0.503 e. The molecule has 1 aromatic heterocycles. The number of hydrogen-bond donors (Lipinski definition) is 2. The molecule has 0 saturated heterocycles. The number of aromatic nitrogens is 1. The first-order valence-electron chi connectivity index (χ1n) is 10.2. The number of hydrogen-bond acceptors (Lipinski definition) is 4. The van der Waals surface area contributed by atoms with Crippen molar-refractivity contribution in [2.45, 2.75) is 39.4 Å². The molecule has 7 nitrogen and oxygen atoms in total. The SMILES string of the molecule is Cc1ccc(CNC(=O)c2cn3c(c(O)c2=O)C(=O)N2C[C@@H]3[C@@H](C)C=C[C@@H]2C)c(F)c1. The van der Waals surface area contributed by atoms with Crippen LogP contribution < -0.4 is 10.7 Å². The minimum atomic E-state index is -0.922. The maximum atomic E-state index is 14.1. The first kappa shape index (κ1) is 20.8. The lowest BCUT2D eigenvalue weighted by atomic mass is 9.98. The van der Waals surface area contributed by atoms with Gasteiger partial charge in [0.05, 0.1) is 6.04 Å². The number of carbonyl (C=O) groups excluding carboxylic acids is 2. The van der Waals surface area contributed by atoms with Crippen LogP contribution in [-0.2, 0) is 6.54 Å². The Bertz CT molecular complexity index is 1170. The summed E-state index contributed by atoms with van der Waals surface area (Å²) in [5.74, 6) is -2.38. The fourth-order valence-corrected chi connectivity index (χ4v) is 4.17. The summed E-state index contributed by atoms with van der Waals surface area (Å²) in [4.78, 5) is 40.0. The van der Waals surface area contributed by atoms with Gasteiger partial charge in [-0.3, -0.25) is 14.4 Å². The molecule has 2 aliphatic heterocycles. The van der Waals surface area contributed by atoms with Crippen LogP contribution in [0.2, 0.25) is 0 Å². The summed E-state index contributed by atoms with van der Waals surface area (Å²) < 4.78 is 15.6. The number of fused-ring (bicyclic) bond motifs is 4. The third kappa shape index (κ3) is 3.52. The van der Waals surface area contributed by atoms with Gasteiger partial charge in [-0.2, -0.15) is 0 Å². The number of benzene rings is 1. The van der Waals surface area contributed by atoms with Crippen LogP contribution in [0.3, 0.4) is 0 Å². The molecule has 0 fully saturated rings. The quantitative estimate of drug-likeness (QED) is 0.740. The fraction of sp³-hybridized carbons (Fsp3) is 0.348. The van der Waals surface area contributed by atoms with E-state index in [0.717, 1.165) is 5.56 Å². The number of allylic oxidation sites excluding steroid dienone is 1. The van der Waals surface area contributed by atoms with Gasteiger partial charge in [-0.05, 0) is 31.4 Å². The van der Waals surface area contributed by atoms with Crippen LogP contribution in [0, 0.1) is 18.7 Å². The zero-order valence-corrected chi connectivity index (χ0v) is 17.6. The van der Waals surface area contributed by atoms with Crippen molar-refractivity contribution in [3.63, 3.8) is 0 Å². The van der Waals surface area contributed by atoms with Crippen LogP contribution >= 0.6 is 0 Å². The predicted octanol–water partition coefficient (Wildman–Crippen LogP) is 2.52. The van der Waals surface area contributed by atoms with Crippen LogP contribution in [-0.4, -0.2) is 39.0 Å². The van der Waals surface area contributed by atoms with Gasteiger partial charge in [0.25, 0.3) is 11.8 Å². The van der Waals surface area contributed by atoms with Gasteiger partial charge in [-0.15, -0.1) is 0 Å². The molecule has 4 rings (SSSR count). The Hall–Kier alpha value is -3.42. The molecule has 0 aliphatic carbocycles. The van der Waals surface area contributed by atoms with E-state index in [2.05, 4.69) is 5.32 Å². The number of nitrogens with zero attached hydrogens (tertiary/aromatic N) is 2. The van der Waals surface area contributed by atoms with Gasteiger partial charge in [-0.1, -0.05) is 31.2 Å². The summed E-state index contributed by atoms with van der Waals surface area (Å²) in [5, 5.41) is 13.1. The van der Waals surface area contributed by atoms with E-state index < -0.39 is 28.8 Å². The highest BCUT2D eigenvalue weighted by molar-refractivity contribution is 5.99. The lowest BCUT2D eigenvalue weighted by Gasteiger charge is -2.38. The first-order valence-corrected chi connectivity index (χ1v) is 10.2. The number of amides is 2. The molecular formula is C23H24FN3O4. The molecule has 162 valence electrons. The van der Waals surface area contributed by atoms with Crippen LogP contribution in [0.1, 0.15) is 51.9 Å². The molecule has 2 aromatic rings. The Morgan fingerprint density at radius 2 is 2.00 bits per heavy atom. The van der Waals surface area contributed by atoms with E-state index in [1.54, 1.807) is 24.0 Å². The van der Waals surface area contributed by atoms with Crippen LogP contribution in [0.5, 0.6) is 5.75 Å². The van der Waals surface area contributed by atoms with Crippen LogP contribution in [0.25, 0.3) is 0 Å². The molecule has 2 bridgehead atoms. The standard InChI is InChI=1S/C23H24FN3O4/c1-12-4-7-15(17(24)8-12)9-25-22(30)16-10-27-18-11-26(14(3)6-5-13(18)2)23(31)19(27)21(29)20(16)28/h4-8,10,13-14,18,29H,9,11H2,1-3H3,(H,25,30)/t13-,14-,18+/m0/s1. The highest BCUT2D eigenvalue weighted by Gasteiger charge is 2.39. The Kier molecular flexibility index (Phi) is 5.16. The van der Waals surface area contributed by atoms with E-state index in [4.69, 9.17) is 0 Å². The average Bonchev–Trinajstić information content (AvgIpc) is 2.85. The van der Waals surface area contributed by atoms with Gasteiger partial charge >= 0.3 is 0 Å². The highest BCUT2D eigenvalue weighted by Crippen LogP contribution is 2.34.